The van der Waals surface area contributed by atoms with Gasteiger partial charge < -0.3 is 20.1 Å². The molecular formula is C19H20N2O4. The number of anilines is 1. The zero-order valence-corrected chi connectivity index (χ0v) is 14.2. The number of amides is 2. The van der Waals surface area contributed by atoms with E-state index in [4.69, 9.17) is 9.47 Å². The first-order valence-corrected chi connectivity index (χ1v) is 8.17. The monoisotopic (exact) mass is 340 g/mol. The third kappa shape index (κ3) is 3.91. The molecule has 0 spiro atoms. The Bertz CT molecular complexity index is 787. The van der Waals surface area contributed by atoms with Gasteiger partial charge in [-0.2, -0.15) is 0 Å². The number of benzene rings is 2. The Morgan fingerprint density at radius 2 is 1.76 bits per heavy atom. The number of carbonyl (C=O) groups excluding carboxylic acids is 2. The number of aryl methyl sites for hydroxylation is 1. The van der Waals surface area contributed by atoms with Crippen LogP contribution in [-0.4, -0.2) is 18.6 Å². The van der Waals surface area contributed by atoms with Crippen molar-refractivity contribution in [2.24, 2.45) is 0 Å². The SMILES string of the molecule is CCc1ccc(NC(=O)C(=O)NC(C)c2ccc3c(c2)OCO3)cc1. The van der Waals surface area contributed by atoms with Crippen molar-refractivity contribution in [3.8, 4) is 11.5 Å². The normalized spacial score (nSPS) is 13.2. The minimum absolute atomic E-state index is 0.193. The molecule has 1 atom stereocenters. The van der Waals surface area contributed by atoms with Crippen molar-refractivity contribution in [1.82, 2.24) is 5.32 Å². The maximum absolute atomic E-state index is 12.1. The number of hydrogen-bond acceptors (Lipinski definition) is 4. The number of rotatable bonds is 4. The summed E-state index contributed by atoms with van der Waals surface area (Å²) in [5, 5.41) is 5.28. The van der Waals surface area contributed by atoms with Gasteiger partial charge in [0.15, 0.2) is 11.5 Å². The summed E-state index contributed by atoms with van der Waals surface area (Å²) >= 11 is 0. The quantitative estimate of drug-likeness (QED) is 0.839. The van der Waals surface area contributed by atoms with E-state index in [0.717, 1.165) is 12.0 Å². The van der Waals surface area contributed by atoms with Gasteiger partial charge in [0, 0.05) is 5.69 Å². The summed E-state index contributed by atoms with van der Waals surface area (Å²) in [5.41, 5.74) is 2.59. The van der Waals surface area contributed by atoms with Crippen molar-refractivity contribution < 1.29 is 19.1 Å². The van der Waals surface area contributed by atoms with Crippen LogP contribution in [0.1, 0.15) is 31.0 Å². The number of ether oxygens (including phenoxy) is 2. The Hall–Kier alpha value is -3.02. The van der Waals surface area contributed by atoms with E-state index in [9.17, 15) is 9.59 Å². The Morgan fingerprint density at radius 3 is 2.48 bits per heavy atom. The largest absolute Gasteiger partial charge is 0.454 e. The Balaban J connectivity index is 1.59. The Kier molecular flexibility index (Phi) is 4.88. The van der Waals surface area contributed by atoms with E-state index in [2.05, 4.69) is 17.6 Å². The average Bonchev–Trinajstić information content (AvgIpc) is 3.09. The highest BCUT2D eigenvalue weighted by Crippen LogP contribution is 2.34. The van der Waals surface area contributed by atoms with Gasteiger partial charge in [0.05, 0.1) is 6.04 Å². The van der Waals surface area contributed by atoms with E-state index in [1.54, 1.807) is 31.2 Å². The lowest BCUT2D eigenvalue weighted by Gasteiger charge is -2.14. The molecular weight excluding hydrogens is 320 g/mol. The minimum Gasteiger partial charge on any atom is -0.454 e. The molecule has 2 aromatic carbocycles. The highest BCUT2D eigenvalue weighted by molar-refractivity contribution is 6.39. The lowest BCUT2D eigenvalue weighted by atomic mass is 10.1. The first kappa shape index (κ1) is 16.8. The molecule has 0 aliphatic carbocycles. The Morgan fingerprint density at radius 1 is 1.04 bits per heavy atom. The number of nitrogens with one attached hydrogen (secondary N) is 2. The first-order chi connectivity index (χ1) is 12.1. The zero-order chi connectivity index (χ0) is 17.8. The van der Waals surface area contributed by atoms with Gasteiger partial charge >= 0.3 is 11.8 Å². The van der Waals surface area contributed by atoms with Crippen molar-refractivity contribution >= 4 is 17.5 Å². The molecule has 0 bridgehead atoms. The summed E-state index contributed by atoms with van der Waals surface area (Å²) in [4.78, 5) is 24.2. The molecule has 0 fully saturated rings. The summed E-state index contributed by atoms with van der Waals surface area (Å²) in [6.07, 6.45) is 0.918. The maximum Gasteiger partial charge on any atom is 0.313 e. The van der Waals surface area contributed by atoms with Crippen molar-refractivity contribution in [3.63, 3.8) is 0 Å². The summed E-state index contributed by atoms with van der Waals surface area (Å²) in [5.74, 6) is -0.0730. The van der Waals surface area contributed by atoms with Gasteiger partial charge in [0.25, 0.3) is 0 Å². The van der Waals surface area contributed by atoms with Gasteiger partial charge in [-0.05, 0) is 48.7 Å². The van der Waals surface area contributed by atoms with Gasteiger partial charge in [0.2, 0.25) is 6.79 Å². The van der Waals surface area contributed by atoms with E-state index in [1.165, 1.54) is 5.56 Å². The second kappa shape index (κ2) is 7.25. The van der Waals surface area contributed by atoms with Gasteiger partial charge in [-0.15, -0.1) is 0 Å². The number of hydrogen-bond donors (Lipinski definition) is 2. The van der Waals surface area contributed by atoms with E-state index >= 15 is 0 Å². The van der Waals surface area contributed by atoms with E-state index in [-0.39, 0.29) is 12.8 Å². The highest BCUT2D eigenvalue weighted by atomic mass is 16.7. The van der Waals surface area contributed by atoms with Crippen molar-refractivity contribution in [3.05, 3.63) is 53.6 Å². The predicted molar refractivity (Wildman–Crippen MR) is 93.6 cm³/mol. The molecule has 25 heavy (non-hydrogen) atoms. The van der Waals surface area contributed by atoms with E-state index in [0.29, 0.717) is 17.2 Å². The molecule has 1 heterocycles. The van der Waals surface area contributed by atoms with Gasteiger partial charge in [-0.25, -0.2) is 0 Å². The molecule has 0 saturated carbocycles. The van der Waals surface area contributed by atoms with Crippen LogP contribution in [0.15, 0.2) is 42.5 Å². The van der Waals surface area contributed by atoms with Gasteiger partial charge in [-0.1, -0.05) is 25.1 Å². The molecule has 0 radical (unpaired) electrons. The third-order valence-corrected chi connectivity index (χ3v) is 4.07. The molecule has 1 aliphatic heterocycles. The maximum atomic E-state index is 12.1. The van der Waals surface area contributed by atoms with Crippen LogP contribution < -0.4 is 20.1 Å². The van der Waals surface area contributed by atoms with Crippen LogP contribution in [0.2, 0.25) is 0 Å². The average molecular weight is 340 g/mol. The van der Waals surface area contributed by atoms with Crippen LogP contribution >= 0.6 is 0 Å². The summed E-state index contributed by atoms with van der Waals surface area (Å²) in [6, 6.07) is 12.5. The predicted octanol–water partition coefficient (Wildman–Crippen LogP) is 2.79. The zero-order valence-electron chi connectivity index (χ0n) is 14.2. The molecule has 1 aliphatic rings. The molecule has 2 aromatic rings. The lowest BCUT2D eigenvalue weighted by Crippen LogP contribution is -2.36. The fraction of sp³-hybridized carbons (Fsp3) is 0.263. The van der Waals surface area contributed by atoms with Gasteiger partial charge in [-0.3, -0.25) is 9.59 Å². The van der Waals surface area contributed by atoms with Crippen LogP contribution in [-0.2, 0) is 16.0 Å². The lowest BCUT2D eigenvalue weighted by molar-refractivity contribution is -0.136. The standard InChI is InChI=1S/C19H20N2O4/c1-3-13-4-7-15(8-5-13)21-19(23)18(22)20-12(2)14-6-9-16-17(10-14)25-11-24-16/h4-10,12H,3,11H2,1-2H3,(H,20,22)(H,21,23). The van der Waals surface area contributed by atoms with E-state index in [1.807, 2.05) is 18.2 Å². The molecule has 3 rings (SSSR count). The van der Waals surface area contributed by atoms with E-state index < -0.39 is 11.8 Å². The molecule has 0 aromatic heterocycles. The smallest absolute Gasteiger partial charge is 0.313 e. The van der Waals surface area contributed by atoms with Gasteiger partial charge in [0.1, 0.15) is 0 Å². The van der Waals surface area contributed by atoms with Crippen molar-refractivity contribution in [2.75, 3.05) is 12.1 Å². The molecule has 6 nitrogen and oxygen atoms in total. The molecule has 2 amide bonds. The molecule has 0 saturated heterocycles. The first-order valence-electron chi connectivity index (χ1n) is 8.17. The molecule has 1 unspecified atom stereocenters. The van der Waals surface area contributed by atoms with Crippen LogP contribution in [0, 0.1) is 0 Å². The number of fused-ring (bicyclic) bond motifs is 1. The Labute approximate surface area is 146 Å². The van der Waals surface area contributed by atoms with Crippen LogP contribution in [0.5, 0.6) is 11.5 Å². The van der Waals surface area contributed by atoms with Crippen LogP contribution in [0.25, 0.3) is 0 Å². The summed E-state index contributed by atoms with van der Waals surface area (Å²) in [6.45, 7) is 4.05. The fourth-order valence-corrected chi connectivity index (χ4v) is 2.54. The third-order valence-electron chi connectivity index (χ3n) is 4.07. The van der Waals surface area contributed by atoms with Crippen molar-refractivity contribution in [2.45, 2.75) is 26.3 Å². The molecule has 2 N–H and O–H groups in total. The van der Waals surface area contributed by atoms with Crippen molar-refractivity contribution in [1.29, 1.82) is 0 Å². The summed E-state index contributed by atoms with van der Waals surface area (Å²) in [7, 11) is 0. The second-order valence-corrected chi connectivity index (χ2v) is 5.81. The van der Waals surface area contributed by atoms with Crippen LogP contribution in [0.4, 0.5) is 5.69 Å². The summed E-state index contributed by atoms with van der Waals surface area (Å²) < 4.78 is 10.6. The molecule has 130 valence electrons. The highest BCUT2D eigenvalue weighted by Gasteiger charge is 2.20. The fourth-order valence-electron chi connectivity index (χ4n) is 2.54. The molecule has 6 heteroatoms. The topological polar surface area (TPSA) is 76.7 Å². The van der Waals surface area contributed by atoms with Crippen LogP contribution in [0.3, 0.4) is 0 Å². The number of carbonyl (C=O) groups is 2. The minimum atomic E-state index is -0.697. The second-order valence-electron chi connectivity index (χ2n) is 5.81.